The molecule has 94 valence electrons. The van der Waals surface area contributed by atoms with Crippen molar-refractivity contribution in [2.24, 2.45) is 5.73 Å². The van der Waals surface area contributed by atoms with Crippen LogP contribution in [0.25, 0.3) is 0 Å². The first-order chi connectivity index (χ1) is 8.59. The lowest BCUT2D eigenvalue weighted by Gasteiger charge is -2.06. The smallest absolute Gasteiger partial charge is 0.255 e. The highest BCUT2D eigenvalue weighted by molar-refractivity contribution is 9.10. The largest absolute Gasteiger partial charge is 0.382 e. The Bertz CT molecular complexity index is 584. The van der Waals surface area contributed by atoms with Crippen LogP contribution < -0.4 is 16.8 Å². The molecule has 2 aromatic rings. The number of anilines is 2. The van der Waals surface area contributed by atoms with Crippen molar-refractivity contribution in [1.29, 1.82) is 0 Å². The molecule has 0 fully saturated rings. The standard InChI is InChI=1S/C11H11BrN4OS/c12-7-4-2-1-3-6(7)5-15-11-8(10(14)17)9(13)16-18-11/h1-4,15H,5H2,(H2,13,16)(H2,14,17). The number of hydrogen-bond acceptors (Lipinski definition) is 5. The van der Waals surface area contributed by atoms with Gasteiger partial charge in [-0.3, -0.25) is 4.79 Å². The van der Waals surface area contributed by atoms with E-state index < -0.39 is 5.91 Å². The van der Waals surface area contributed by atoms with Crippen molar-refractivity contribution in [1.82, 2.24) is 4.37 Å². The van der Waals surface area contributed by atoms with Gasteiger partial charge in [0.1, 0.15) is 10.6 Å². The first-order valence-corrected chi connectivity index (χ1v) is 6.68. The first kappa shape index (κ1) is 12.8. The number of carbonyl (C=O) groups is 1. The molecule has 18 heavy (non-hydrogen) atoms. The van der Waals surface area contributed by atoms with Crippen LogP contribution in [0, 0.1) is 0 Å². The van der Waals surface area contributed by atoms with Crippen LogP contribution in [-0.4, -0.2) is 10.3 Å². The lowest BCUT2D eigenvalue weighted by Crippen LogP contribution is -2.14. The van der Waals surface area contributed by atoms with Crippen LogP contribution in [0.5, 0.6) is 0 Å². The number of amides is 1. The van der Waals surface area contributed by atoms with Crippen molar-refractivity contribution >= 4 is 44.2 Å². The summed E-state index contributed by atoms with van der Waals surface area (Å²) in [6.07, 6.45) is 0. The molecular weight excluding hydrogens is 316 g/mol. The van der Waals surface area contributed by atoms with Gasteiger partial charge in [0.05, 0.1) is 0 Å². The van der Waals surface area contributed by atoms with Crippen molar-refractivity contribution in [3.63, 3.8) is 0 Å². The average Bonchev–Trinajstić information content (AvgIpc) is 2.69. The van der Waals surface area contributed by atoms with Crippen molar-refractivity contribution in [2.75, 3.05) is 11.1 Å². The zero-order chi connectivity index (χ0) is 13.1. The van der Waals surface area contributed by atoms with Crippen molar-refractivity contribution in [3.05, 3.63) is 39.9 Å². The minimum atomic E-state index is -0.573. The third-order valence-corrected chi connectivity index (χ3v) is 3.95. The summed E-state index contributed by atoms with van der Waals surface area (Å²) in [6.45, 7) is 0.559. The van der Waals surface area contributed by atoms with Crippen LogP contribution in [0.15, 0.2) is 28.7 Å². The number of carbonyl (C=O) groups excluding carboxylic acids is 1. The summed E-state index contributed by atoms with van der Waals surface area (Å²) in [4.78, 5) is 11.2. The second-order valence-corrected chi connectivity index (χ2v) is 5.21. The molecule has 0 spiro atoms. The molecule has 0 bridgehead atoms. The van der Waals surface area contributed by atoms with Gasteiger partial charge < -0.3 is 16.8 Å². The number of hydrogen-bond donors (Lipinski definition) is 3. The fourth-order valence-corrected chi connectivity index (χ4v) is 2.62. The number of nitrogen functional groups attached to an aromatic ring is 1. The highest BCUT2D eigenvalue weighted by Gasteiger charge is 2.16. The molecule has 2 rings (SSSR count). The van der Waals surface area contributed by atoms with Crippen molar-refractivity contribution in [3.8, 4) is 0 Å². The van der Waals surface area contributed by atoms with Gasteiger partial charge >= 0.3 is 0 Å². The summed E-state index contributed by atoms with van der Waals surface area (Å²) in [5.74, 6) is -0.405. The van der Waals surface area contributed by atoms with E-state index in [2.05, 4.69) is 25.6 Å². The number of nitrogens with two attached hydrogens (primary N) is 2. The third-order valence-electron chi connectivity index (χ3n) is 2.36. The van der Waals surface area contributed by atoms with Crippen molar-refractivity contribution in [2.45, 2.75) is 6.54 Å². The molecule has 0 unspecified atom stereocenters. The van der Waals surface area contributed by atoms with E-state index in [9.17, 15) is 4.79 Å². The van der Waals surface area contributed by atoms with Crippen LogP contribution in [0.3, 0.4) is 0 Å². The molecule has 1 amide bonds. The molecule has 0 aliphatic heterocycles. The quantitative estimate of drug-likeness (QED) is 0.802. The minimum absolute atomic E-state index is 0.169. The lowest BCUT2D eigenvalue weighted by atomic mass is 10.2. The van der Waals surface area contributed by atoms with E-state index in [1.165, 1.54) is 0 Å². The summed E-state index contributed by atoms with van der Waals surface area (Å²) in [5, 5.41) is 3.71. The van der Waals surface area contributed by atoms with Gasteiger partial charge in [-0.15, -0.1) is 0 Å². The molecule has 1 aromatic carbocycles. The normalized spacial score (nSPS) is 10.3. The number of aromatic nitrogens is 1. The van der Waals surface area contributed by atoms with E-state index in [-0.39, 0.29) is 11.4 Å². The van der Waals surface area contributed by atoms with Crippen LogP contribution in [-0.2, 0) is 6.54 Å². The van der Waals surface area contributed by atoms with Gasteiger partial charge in [-0.25, -0.2) is 0 Å². The zero-order valence-corrected chi connectivity index (χ0v) is 11.7. The van der Waals surface area contributed by atoms with Gasteiger partial charge in [0.2, 0.25) is 0 Å². The number of nitrogens with one attached hydrogen (secondary N) is 1. The number of rotatable bonds is 4. The van der Waals surface area contributed by atoms with Crippen LogP contribution in [0.4, 0.5) is 10.8 Å². The molecule has 0 aliphatic carbocycles. The van der Waals surface area contributed by atoms with Gasteiger partial charge in [-0.2, -0.15) is 4.37 Å². The fourth-order valence-electron chi connectivity index (χ4n) is 1.48. The second kappa shape index (κ2) is 5.36. The zero-order valence-electron chi connectivity index (χ0n) is 9.31. The summed E-state index contributed by atoms with van der Waals surface area (Å²) in [6, 6.07) is 7.81. The molecule has 0 radical (unpaired) electrons. The predicted octanol–water partition coefficient (Wildman–Crippen LogP) is 2.20. The number of primary amides is 1. The highest BCUT2D eigenvalue weighted by Crippen LogP contribution is 2.27. The Morgan fingerprint density at radius 3 is 2.83 bits per heavy atom. The summed E-state index contributed by atoms with van der Waals surface area (Å²) in [7, 11) is 0. The average molecular weight is 327 g/mol. The molecule has 0 saturated carbocycles. The maximum Gasteiger partial charge on any atom is 0.255 e. The third kappa shape index (κ3) is 2.62. The van der Waals surface area contributed by atoms with Gasteiger partial charge in [-0.1, -0.05) is 34.1 Å². The Balaban J connectivity index is 2.16. The fraction of sp³-hybridized carbons (Fsp3) is 0.0909. The number of nitrogens with zero attached hydrogens (tertiary/aromatic N) is 1. The maximum absolute atomic E-state index is 11.2. The van der Waals surface area contributed by atoms with E-state index in [1.54, 1.807) is 0 Å². The van der Waals surface area contributed by atoms with Crippen molar-refractivity contribution < 1.29 is 4.79 Å². The van der Waals surface area contributed by atoms with Gasteiger partial charge in [0.15, 0.2) is 5.82 Å². The van der Waals surface area contributed by atoms with Crippen LogP contribution in [0.2, 0.25) is 0 Å². The lowest BCUT2D eigenvalue weighted by molar-refractivity contribution is 0.100. The molecule has 0 atom stereocenters. The predicted molar refractivity (Wildman–Crippen MR) is 76.5 cm³/mol. The second-order valence-electron chi connectivity index (χ2n) is 3.58. The Hall–Kier alpha value is -1.60. The topological polar surface area (TPSA) is 94.0 Å². The molecule has 5 nitrogen and oxygen atoms in total. The van der Waals surface area contributed by atoms with Gasteiger partial charge in [0, 0.05) is 11.0 Å². The van der Waals surface area contributed by atoms with E-state index in [0.717, 1.165) is 21.6 Å². The van der Waals surface area contributed by atoms with Gasteiger partial charge in [0.25, 0.3) is 5.91 Å². The molecule has 7 heteroatoms. The summed E-state index contributed by atoms with van der Waals surface area (Å²) < 4.78 is 4.91. The molecule has 1 aromatic heterocycles. The molecule has 5 N–H and O–H groups in total. The maximum atomic E-state index is 11.2. The minimum Gasteiger partial charge on any atom is -0.382 e. The van der Waals surface area contributed by atoms with E-state index in [0.29, 0.717) is 11.5 Å². The highest BCUT2D eigenvalue weighted by atomic mass is 79.9. The number of benzene rings is 1. The molecule has 0 aliphatic rings. The molecule has 0 saturated heterocycles. The van der Waals surface area contributed by atoms with E-state index in [1.807, 2.05) is 24.3 Å². The first-order valence-electron chi connectivity index (χ1n) is 5.12. The Morgan fingerprint density at radius 2 is 2.17 bits per heavy atom. The monoisotopic (exact) mass is 326 g/mol. The van der Waals surface area contributed by atoms with E-state index in [4.69, 9.17) is 11.5 Å². The van der Waals surface area contributed by atoms with E-state index >= 15 is 0 Å². The molecule has 1 heterocycles. The summed E-state index contributed by atoms with van der Waals surface area (Å²) >= 11 is 4.58. The Kier molecular flexibility index (Phi) is 3.83. The molecular formula is C11H11BrN4OS. The van der Waals surface area contributed by atoms with Gasteiger partial charge in [-0.05, 0) is 23.2 Å². The number of halogens is 1. The Morgan fingerprint density at radius 1 is 1.44 bits per heavy atom. The summed E-state index contributed by atoms with van der Waals surface area (Å²) in [5.41, 5.74) is 12.2. The van der Waals surface area contributed by atoms with Crippen LogP contribution in [0.1, 0.15) is 15.9 Å². The Labute approximate surface area is 116 Å². The SMILES string of the molecule is NC(=O)c1c(N)nsc1NCc1ccccc1Br. The van der Waals surface area contributed by atoms with Crippen LogP contribution >= 0.6 is 27.5 Å².